The molecule has 2 aromatic rings. The molecule has 1 aromatic heterocycles. The maximum Gasteiger partial charge on any atom is 0.339 e. The lowest BCUT2D eigenvalue weighted by molar-refractivity contribution is -0.129. The number of nitrogens with zero attached hydrogens (tertiary/aromatic N) is 2. The van der Waals surface area contributed by atoms with Gasteiger partial charge in [-0.25, -0.2) is 9.18 Å². The summed E-state index contributed by atoms with van der Waals surface area (Å²) in [4.78, 5) is 29.1. The average molecular weight is 356 g/mol. The molecular weight excluding hydrogens is 335 g/mol. The Morgan fingerprint density at radius 2 is 2.08 bits per heavy atom. The minimum atomic E-state index is -0.452. The van der Waals surface area contributed by atoms with Crippen LogP contribution in [0.15, 0.2) is 36.7 Å². The van der Waals surface area contributed by atoms with Crippen molar-refractivity contribution in [2.45, 2.75) is 32.2 Å². The van der Waals surface area contributed by atoms with E-state index in [4.69, 9.17) is 4.74 Å². The number of rotatable bonds is 4. The highest BCUT2D eigenvalue weighted by Gasteiger charge is 2.29. The number of hydrogen-bond donors (Lipinski definition) is 0. The maximum absolute atomic E-state index is 14.7. The van der Waals surface area contributed by atoms with Crippen molar-refractivity contribution < 1.29 is 18.7 Å². The molecule has 136 valence electrons. The molecule has 2 heterocycles. The molecule has 0 N–H and O–H groups in total. The molecule has 1 unspecified atom stereocenters. The average Bonchev–Trinajstić information content (AvgIpc) is 3.11. The Morgan fingerprint density at radius 3 is 2.77 bits per heavy atom. The Kier molecular flexibility index (Phi) is 5.30. The summed E-state index contributed by atoms with van der Waals surface area (Å²) in [5.41, 5.74) is 2.50. The quantitative estimate of drug-likeness (QED) is 0.789. The number of carbonyl (C=O) groups excluding carboxylic acids is 2. The van der Waals surface area contributed by atoms with Gasteiger partial charge < -0.3 is 9.64 Å². The van der Waals surface area contributed by atoms with E-state index in [0.29, 0.717) is 24.1 Å². The summed E-state index contributed by atoms with van der Waals surface area (Å²) in [7, 11) is 1.32. The molecule has 1 fully saturated rings. The first-order valence-electron chi connectivity index (χ1n) is 8.57. The Bertz CT molecular complexity index is 838. The van der Waals surface area contributed by atoms with Gasteiger partial charge in [0.1, 0.15) is 5.82 Å². The van der Waals surface area contributed by atoms with Crippen molar-refractivity contribution in [3.05, 3.63) is 64.7 Å². The number of ether oxygens (including phenoxy) is 1. The van der Waals surface area contributed by atoms with Crippen LogP contribution in [0, 0.1) is 5.82 Å². The number of esters is 1. The minimum Gasteiger partial charge on any atom is -0.465 e. The van der Waals surface area contributed by atoms with Gasteiger partial charge in [0, 0.05) is 31.4 Å². The Balaban J connectivity index is 1.80. The predicted molar refractivity (Wildman–Crippen MR) is 94.1 cm³/mol. The van der Waals surface area contributed by atoms with E-state index in [9.17, 15) is 14.0 Å². The lowest BCUT2D eigenvalue weighted by Crippen LogP contribution is -2.28. The number of aromatic nitrogens is 1. The molecule has 26 heavy (non-hydrogen) atoms. The minimum absolute atomic E-state index is 0.0262. The van der Waals surface area contributed by atoms with Gasteiger partial charge in [-0.15, -0.1) is 0 Å². The summed E-state index contributed by atoms with van der Waals surface area (Å²) >= 11 is 0. The van der Waals surface area contributed by atoms with Crippen LogP contribution < -0.4 is 0 Å². The second-order valence-electron chi connectivity index (χ2n) is 6.48. The summed E-state index contributed by atoms with van der Waals surface area (Å²) in [6.45, 7) is 2.19. The SMILES string of the molecule is COC(=O)c1cncc(Cc2ccc(C3CCCN3C(C)=O)c(F)c2)c1. The molecule has 1 aromatic carbocycles. The molecule has 0 saturated carbocycles. The molecule has 6 heteroatoms. The molecule has 1 aliphatic rings. The van der Waals surface area contributed by atoms with Crippen molar-refractivity contribution in [3.63, 3.8) is 0 Å². The first-order chi connectivity index (χ1) is 12.5. The summed E-state index contributed by atoms with van der Waals surface area (Å²) in [6, 6.07) is 6.62. The Hall–Kier alpha value is -2.76. The van der Waals surface area contributed by atoms with Crippen molar-refractivity contribution >= 4 is 11.9 Å². The fourth-order valence-corrected chi connectivity index (χ4v) is 3.47. The zero-order valence-corrected chi connectivity index (χ0v) is 14.9. The largest absolute Gasteiger partial charge is 0.465 e. The summed E-state index contributed by atoms with van der Waals surface area (Å²) in [5, 5.41) is 0. The lowest BCUT2D eigenvalue weighted by Gasteiger charge is -2.24. The van der Waals surface area contributed by atoms with Gasteiger partial charge in [0.05, 0.1) is 18.7 Å². The van der Waals surface area contributed by atoms with Crippen LogP contribution >= 0.6 is 0 Å². The third kappa shape index (κ3) is 3.74. The third-order valence-electron chi connectivity index (χ3n) is 4.71. The third-order valence-corrected chi connectivity index (χ3v) is 4.71. The van der Waals surface area contributed by atoms with Crippen LogP contribution in [0.2, 0.25) is 0 Å². The zero-order chi connectivity index (χ0) is 18.7. The number of methoxy groups -OCH3 is 1. The molecule has 1 atom stereocenters. The van der Waals surface area contributed by atoms with Gasteiger partial charge in [-0.1, -0.05) is 12.1 Å². The molecule has 3 rings (SSSR count). The first kappa shape index (κ1) is 18.0. The standard InChI is InChI=1S/C20H21FN2O3/c1-13(24)23-7-3-4-19(23)17-6-5-14(10-18(17)21)8-15-9-16(12-22-11-15)20(25)26-2/h5-6,9-12,19H,3-4,7-8H2,1-2H3. The van der Waals surface area contributed by atoms with Crippen LogP contribution in [0.1, 0.15) is 52.9 Å². The van der Waals surface area contributed by atoms with Crippen LogP contribution in [-0.4, -0.2) is 35.4 Å². The fraction of sp³-hybridized carbons (Fsp3) is 0.350. The highest BCUT2D eigenvalue weighted by Crippen LogP contribution is 2.33. The maximum atomic E-state index is 14.7. The first-order valence-corrected chi connectivity index (χ1v) is 8.57. The number of amides is 1. The van der Waals surface area contributed by atoms with E-state index >= 15 is 0 Å². The van der Waals surface area contributed by atoms with E-state index in [1.807, 2.05) is 6.07 Å². The van der Waals surface area contributed by atoms with Crippen LogP contribution in [0.3, 0.4) is 0 Å². The second kappa shape index (κ2) is 7.64. The van der Waals surface area contributed by atoms with Crippen molar-refractivity contribution in [2.75, 3.05) is 13.7 Å². The van der Waals surface area contributed by atoms with Crippen LogP contribution in [0.5, 0.6) is 0 Å². The Morgan fingerprint density at radius 1 is 1.27 bits per heavy atom. The topological polar surface area (TPSA) is 59.5 Å². The van der Waals surface area contributed by atoms with Gasteiger partial charge in [0.2, 0.25) is 5.91 Å². The van der Waals surface area contributed by atoms with E-state index < -0.39 is 5.97 Å². The highest BCUT2D eigenvalue weighted by molar-refractivity contribution is 5.89. The number of hydrogen-bond acceptors (Lipinski definition) is 4. The predicted octanol–water partition coefficient (Wildman–Crippen LogP) is 3.28. The van der Waals surface area contributed by atoms with Crippen molar-refractivity contribution in [1.29, 1.82) is 0 Å². The normalized spacial score (nSPS) is 16.6. The van der Waals surface area contributed by atoms with Crippen LogP contribution in [-0.2, 0) is 16.0 Å². The van der Waals surface area contributed by atoms with E-state index in [1.165, 1.54) is 26.3 Å². The van der Waals surface area contributed by atoms with Gasteiger partial charge in [-0.2, -0.15) is 0 Å². The number of likely N-dealkylation sites (tertiary alicyclic amines) is 1. The molecular formula is C20H21FN2O3. The van der Waals surface area contributed by atoms with Gasteiger partial charge in [0.25, 0.3) is 0 Å². The van der Waals surface area contributed by atoms with E-state index in [-0.39, 0.29) is 17.8 Å². The van der Waals surface area contributed by atoms with Gasteiger partial charge in [-0.3, -0.25) is 9.78 Å². The van der Waals surface area contributed by atoms with E-state index in [0.717, 1.165) is 24.0 Å². The van der Waals surface area contributed by atoms with Crippen molar-refractivity contribution in [1.82, 2.24) is 9.88 Å². The molecule has 0 aliphatic carbocycles. The lowest BCUT2D eigenvalue weighted by atomic mass is 9.99. The summed E-state index contributed by atoms with van der Waals surface area (Å²) in [5.74, 6) is -0.786. The molecule has 0 radical (unpaired) electrons. The summed E-state index contributed by atoms with van der Waals surface area (Å²) in [6.07, 6.45) is 5.21. The van der Waals surface area contributed by atoms with Crippen molar-refractivity contribution in [2.24, 2.45) is 0 Å². The highest BCUT2D eigenvalue weighted by atomic mass is 19.1. The molecule has 1 aliphatic heterocycles. The fourth-order valence-electron chi connectivity index (χ4n) is 3.47. The van der Waals surface area contributed by atoms with Gasteiger partial charge >= 0.3 is 5.97 Å². The number of pyridine rings is 1. The van der Waals surface area contributed by atoms with Gasteiger partial charge in [0.15, 0.2) is 0 Å². The monoisotopic (exact) mass is 356 g/mol. The van der Waals surface area contributed by atoms with Crippen molar-refractivity contribution in [3.8, 4) is 0 Å². The molecule has 1 saturated heterocycles. The summed E-state index contributed by atoms with van der Waals surface area (Å²) < 4.78 is 19.4. The van der Waals surface area contributed by atoms with E-state index in [2.05, 4.69) is 4.98 Å². The molecule has 5 nitrogen and oxygen atoms in total. The number of carbonyl (C=O) groups is 2. The molecule has 0 spiro atoms. The van der Waals surface area contributed by atoms with Gasteiger partial charge in [-0.05, 0) is 42.5 Å². The van der Waals surface area contributed by atoms with Crippen LogP contribution in [0.25, 0.3) is 0 Å². The zero-order valence-electron chi connectivity index (χ0n) is 14.9. The number of halogens is 1. The second-order valence-corrected chi connectivity index (χ2v) is 6.48. The van der Waals surface area contributed by atoms with Crippen LogP contribution in [0.4, 0.5) is 4.39 Å². The Labute approximate surface area is 151 Å². The molecule has 0 bridgehead atoms. The van der Waals surface area contributed by atoms with E-state index in [1.54, 1.807) is 23.2 Å². The smallest absolute Gasteiger partial charge is 0.339 e. The molecule has 1 amide bonds. The number of benzene rings is 1.